The van der Waals surface area contributed by atoms with Gasteiger partial charge in [-0.3, -0.25) is 4.79 Å². The molecule has 0 bridgehead atoms. The number of ether oxygens (including phenoxy) is 5. The lowest BCUT2D eigenvalue weighted by molar-refractivity contribution is -0.370. The van der Waals surface area contributed by atoms with E-state index in [9.17, 15) is 50.8 Å². The highest BCUT2D eigenvalue weighted by molar-refractivity contribution is 5.73. The molecule has 0 aromatic rings. The molecule has 15 atom stereocenters. The second kappa shape index (κ2) is 12.2. The van der Waals surface area contributed by atoms with Crippen molar-refractivity contribution in [2.45, 2.75) is 106 Å². The van der Waals surface area contributed by atoms with Crippen molar-refractivity contribution < 1.29 is 74.4 Å². The molecule has 36 heavy (non-hydrogen) atoms. The van der Waals surface area contributed by atoms with E-state index in [0.717, 1.165) is 6.92 Å². The second-order valence-corrected chi connectivity index (χ2v) is 9.05. The Hall–Kier alpha value is -1.09. The molecule has 0 aliphatic carbocycles. The standard InChI is InChI=1S/C20H35NO15/c1-5-10(25)12(27)14(29)19(32-5)35-16-8(4-23)33-18(31)9(21-6(2)24)17(16)36-20-15(30)13(28)11(26)7(3-22)34-20/h5,7-20,22-23,25-31H,3-4H2,1-2H3,(H,21,24)/t5-,7+,8+,9+,10-,11+,12+,13-,14+,15+,16+,17+,18+,19-,20-/m0/s1. The van der Waals surface area contributed by atoms with Crippen molar-refractivity contribution in [1.29, 1.82) is 0 Å². The fourth-order valence-electron chi connectivity index (χ4n) is 4.40. The van der Waals surface area contributed by atoms with Gasteiger partial charge in [-0.05, 0) is 6.92 Å². The van der Waals surface area contributed by atoms with E-state index in [0.29, 0.717) is 0 Å². The molecule has 16 nitrogen and oxygen atoms in total. The highest BCUT2D eigenvalue weighted by Crippen LogP contribution is 2.32. The van der Waals surface area contributed by atoms with Crippen molar-refractivity contribution in [1.82, 2.24) is 5.32 Å². The lowest BCUT2D eigenvalue weighted by Crippen LogP contribution is -2.69. The number of rotatable bonds is 7. The van der Waals surface area contributed by atoms with Gasteiger partial charge in [0.2, 0.25) is 5.91 Å². The van der Waals surface area contributed by atoms with Crippen LogP contribution in [0.4, 0.5) is 0 Å². The molecule has 3 fully saturated rings. The van der Waals surface area contributed by atoms with Gasteiger partial charge >= 0.3 is 0 Å². The van der Waals surface area contributed by atoms with E-state index in [4.69, 9.17) is 23.7 Å². The number of hydrogen-bond donors (Lipinski definition) is 10. The average molecular weight is 529 g/mol. The van der Waals surface area contributed by atoms with Crippen LogP contribution >= 0.6 is 0 Å². The minimum Gasteiger partial charge on any atom is -0.394 e. The molecule has 3 aliphatic heterocycles. The Bertz CT molecular complexity index is 729. The van der Waals surface area contributed by atoms with E-state index in [2.05, 4.69) is 5.32 Å². The van der Waals surface area contributed by atoms with Gasteiger partial charge in [0.15, 0.2) is 18.9 Å². The molecule has 0 spiro atoms. The molecule has 1 amide bonds. The van der Waals surface area contributed by atoms with Crippen molar-refractivity contribution in [3.63, 3.8) is 0 Å². The van der Waals surface area contributed by atoms with Crippen LogP contribution in [-0.2, 0) is 28.5 Å². The largest absolute Gasteiger partial charge is 0.394 e. The minimum atomic E-state index is -1.86. The maximum atomic E-state index is 11.8. The lowest BCUT2D eigenvalue weighted by atomic mass is 9.94. The van der Waals surface area contributed by atoms with Crippen LogP contribution in [0.3, 0.4) is 0 Å². The summed E-state index contributed by atoms with van der Waals surface area (Å²) in [4.78, 5) is 11.8. The first-order valence-electron chi connectivity index (χ1n) is 11.4. The molecular formula is C20H35NO15. The van der Waals surface area contributed by atoms with Crippen LogP contribution in [0.15, 0.2) is 0 Å². The Morgan fingerprint density at radius 1 is 0.722 bits per heavy atom. The molecule has 0 saturated carbocycles. The predicted molar refractivity (Wildman–Crippen MR) is 111 cm³/mol. The quantitative estimate of drug-likeness (QED) is 0.147. The summed E-state index contributed by atoms with van der Waals surface area (Å²) in [7, 11) is 0. The Kier molecular flexibility index (Phi) is 9.97. The van der Waals surface area contributed by atoms with Crippen LogP contribution in [0, 0.1) is 0 Å². The van der Waals surface area contributed by atoms with E-state index < -0.39 is 111 Å². The fraction of sp³-hybridized carbons (Fsp3) is 0.950. The first-order chi connectivity index (χ1) is 16.9. The van der Waals surface area contributed by atoms with Crippen LogP contribution in [0.1, 0.15) is 13.8 Å². The van der Waals surface area contributed by atoms with E-state index in [1.165, 1.54) is 6.92 Å². The summed E-state index contributed by atoms with van der Waals surface area (Å²) in [5.74, 6) is -0.646. The molecule has 10 N–H and O–H groups in total. The zero-order valence-corrected chi connectivity index (χ0v) is 19.5. The molecule has 0 aromatic heterocycles. The number of carbonyl (C=O) groups is 1. The van der Waals surface area contributed by atoms with Crippen molar-refractivity contribution in [2.24, 2.45) is 0 Å². The summed E-state index contributed by atoms with van der Waals surface area (Å²) in [5.41, 5.74) is 0. The number of hydrogen-bond acceptors (Lipinski definition) is 15. The Labute approximate surface area is 205 Å². The van der Waals surface area contributed by atoms with Gasteiger partial charge in [0.25, 0.3) is 0 Å². The highest BCUT2D eigenvalue weighted by atomic mass is 16.7. The van der Waals surface area contributed by atoms with Crippen molar-refractivity contribution in [2.75, 3.05) is 13.2 Å². The SMILES string of the molecule is CC(=O)N[C@@H]1[C@@H](O[C@@H]2O[C@H](CO)[C@@H](O)[C@H](O)[C@H]2O)[C@H](O[C@@H]2O[C@@H](C)[C@H](O)[C@@H](O)[C@H]2O)[C@@H](CO)O[C@H]1O. The zero-order chi connectivity index (χ0) is 26.9. The number of carbonyl (C=O) groups excluding carboxylic acids is 1. The van der Waals surface area contributed by atoms with Gasteiger partial charge in [-0.15, -0.1) is 0 Å². The molecule has 16 heteroatoms. The van der Waals surface area contributed by atoms with Crippen LogP contribution in [0.25, 0.3) is 0 Å². The summed E-state index contributed by atoms with van der Waals surface area (Å²) in [6.07, 6.45) is -22.0. The van der Waals surface area contributed by atoms with Gasteiger partial charge in [-0.25, -0.2) is 0 Å². The topological polar surface area (TPSA) is 257 Å². The monoisotopic (exact) mass is 529 g/mol. The lowest BCUT2D eigenvalue weighted by Gasteiger charge is -2.49. The number of amides is 1. The van der Waals surface area contributed by atoms with E-state index in [-0.39, 0.29) is 0 Å². The van der Waals surface area contributed by atoms with Crippen LogP contribution in [0.5, 0.6) is 0 Å². The first kappa shape index (κ1) is 29.5. The van der Waals surface area contributed by atoms with Crippen LogP contribution in [-0.4, -0.2) is 157 Å². The Morgan fingerprint density at radius 2 is 1.25 bits per heavy atom. The maximum Gasteiger partial charge on any atom is 0.217 e. The highest BCUT2D eigenvalue weighted by Gasteiger charge is 2.54. The third-order valence-corrected chi connectivity index (χ3v) is 6.45. The van der Waals surface area contributed by atoms with Gasteiger partial charge in [0, 0.05) is 6.92 Å². The Morgan fingerprint density at radius 3 is 1.81 bits per heavy atom. The molecule has 3 rings (SSSR count). The number of nitrogens with one attached hydrogen (secondary N) is 1. The van der Waals surface area contributed by atoms with Gasteiger partial charge in [-0.2, -0.15) is 0 Å². The van der Waals surface area contributed by atoms with Crippen LogP contribution in [0.2, 0.25) is 0 Å². The van der Waals surface area contributed by atoms with E-state index >= 15 is 0 Å². The summed E-state index contributed by atoms with van der Waals surface area (Å²) in [5, 5.41) is 93.2. The molecular weight excluding hydrogens is 494 g/mol. The number of aliphatic hydroxyl groups is 9. The summed E-state index contributed by atoms with van der Waals surface area (Å²) in [6, 6.07) is -1.42. The van der Waals surface area contributed by atoms with E-state index in [1.54, 1.807) is 0 Å². The second-order valence-electron chi connectivity index (χ2n) is 9.05. The van der Waals surface area contributed by atoms with Gasteiger partial charge in [0.05, 0.1) is 19.3 Å². The van der Waals surface area contributed by atoms with Crippen molar-refractivity contribution >= 4 is 5.91 Å². The summed E-state index contributed by atoms with van der Waals surface area (Å²) < 4.78 is 27.7. The third-order valence-electron chi connectivity index (χ3n) is 6.45. The predicted octanol–water partition coefficient (Wildman–Crippen LogP) is -6.40. The third kappa shape index (κ3) is 5.97. The smallest absolute Gasteiger partial charge is 0.217 e. The summed E-state index contributed by atoms with van der Waals surface area (Å²) >= 11 is 0. The minimum absolute atomic E-state index is 0.646. The fourth-order valence-corrected chi connectivity index (χ4v) is 4.40. The average Bonchev–Trinajstić information content (AvgIpc) is 2.84. The maximum absolute atomic E-state index is 11.8. The van der Waals surface area contributed by atoms with E-state index in [1.807, 2.05) is 0 Å². The Balaban J connectivity index is 1.92. The molecule has 3 heterocycles. The molecule has 0 radical (unpaired) electrons. The molecule has 210 valence electrons. The van der Waals surface area contributed by atoms with Crippen molar-refractivity contribution in [3.05, 3.63) is 0 Å². The number of aliphatic hydroxyl groups excluding tert-OH is 9. The van der Waals surface area contributed by atoms with Crippen molar-refractivity contribution in [3.8, 4) is 0 Å². The molecule has 3 aliphatic rings. The summed E-state index contributed by atoms with van der Waals surface area (Å²) in [6.45, 7) is 1.00. The molecule has 0 aromatic carbocycles. The van der Waals surface area contributed by atoms with Gasteiger partial charge < -0.3 is 75.0 Å². The molecule has 0 unspecified atom stereocenters. The van der Waals surface area contributed by atoms with Gasteiger partial charge in [-0.1, -0.05) is 0 Å². The zero-order valence-electron chi connectivity index (χ0n) is 19.5. The first-order valence-corrected chi connectivity index (χ1v) is 11.4. The molecule has 3 saturated heterocycles. The van der Waals surface area contributed by atoms with Crippen LogP contribution < -0.4 is 5.32 Å². The normalized spacial score (nSPS) is 50.0. The van der Waals surface area contributed by atoms with Gasteiger partial charge in [0.1, 0.15) is 67.1 Å².